The van der Waals surface area contributed by atoms with Crippen LogP contribution in [0.1, 0.15) is 28.8 Å². The largest absolute Gasteiger partial charge is 0.348 e. The molecule has 1 atom stereocenters. The Bertz CT molecular complexity index is 794. The number of amides is 1. The summed E-state index contributed by atoms with van der Waals surface area (Å²) in [5, 5.41) is 12.7. The number of aryl methyl sites for hydroxylation is 1. The lowest BCUT2D eigenvalue weighted by Crippen LogP contribution is -2.34. The van der Waals surface area contributed by atoms with Crippen molar-refractivity contribution < 1.29 is 4.79 Å². The van der Waals surface area contributed by atoms with Crippen LogP contribution >= 0.6 is 11.3 Å². The van der Waals surface area contributed by atoms with Gasteiger partial charge in [-0.3, -0.25) is 9.89 Å². The van der Waals surface area contributed by atoms with Crippen molar-refractivity contribution in [2.75, 3.05) is 0 Å². The second-order valence-electron chi connectivity index (χ2n) is 5.52. The number of H-pyrrole nitrogens is 1. The van der Waals surface area contributed by atoms with Gasteiger partial charge in [-0.1, -0.05) is 30.3 Å². The van der Waals surface area contributed by atoms with E-state index in [1.165, 1.54) is 11.3 Å². The zero-order valence-electron chi connectivity index (χ0n) is 13.0. The fraction of sp³-hybridized carbons (Fsp3) is 0.235. The Kier molecular flexibility index (Phi) is 4.52. The highest BCUT2D eigenvalue weighted by Gasteiger charge is 2.15. The van der Waals surface area contributed by atoms with E-state index in [1.807, 2.05) is 50.2 Å². The third-order valence-corrected chi connectivity index (χ3v) is 4.30. The Morgan fingerprint density at radius 1 is 1.35 bits per heavy atom. The number of hydrogen-bond acceptors (Lipinski definition) is 4. The van der Waals surface area contributed by atoms with Crippen LogP contribution in [0, 0.1) is 6.92 Å². The summed E-state index contributed by atoms with van der Waals surface area (Å²) in [4.78, 5) is 16.7. The monoisotopic (exact) mass is 326 g/mol. The quantitative estimate of drug-likeness (QED) is 0.756. The molecule has 2 N–H and O–H groups in total. The van der Waals surface area contributed by atoms with Gasteiger partial charge >= 0.3 is 0 Å². The summed E-state index contributed by atoms with van der Waals surface area (Å²) in [7, 11) is 0. The van der Waals surface area contributed by atoms with Gasteiger partial charge in [0.25, 0.3) is 5.91 Å². The third-order valence-electron chi connectivity index (χ3n) is 3.41. The molecule has 2 heterocycles. The molecule has 1 aromatic carbocycles. The maximum Gasteiger partial charge on any atom is 0.270 e. The van der Waals surface area contributed by atoms with E-state index in [0.29, 0.717) is 12.1 Å². The third kappa shape index (κ3) is 3.84. The number of nitrogens with one attached hydrogen (secondary N) is 2. The van der Waals surface area contributed by atoms with Crippen LogP contribution in [0.5, 0.6) is 0 Å². The average Bonchev–Trinajstić information content (AvgIpc) is 3.17. The standard InChI is InChI=1S/C17H18N4OS/c1-11(8-14-9-12(2)20-21-14)18-16(22)15-10-23-17(19-15)13-6-4-3-5-7-13/h3-7,9-11H,8H2,1-2H3,(H,18,22)(H,20,21). The van der Waals surface area contributed by atoms with Crippen molar-refractivity contribution in [3.8, 4) is 10.6 Å². The summed E-state index contributed by atoms with van der Waals surface area (Å²) >= 11 is 1.48. The van der Waals surface area contributed by atoms with Crippen LogP contribution < -0.4 is 5.32 Å². The van der Waals surface area contributed by atoms with E-state index in [4.69, 9.17) is 0 Å². The van der Waals surface area contributed by atoms with Gasteiger partial charge in [-0.2, -0.15) is 5.10 Å². The first kappa shape index (κ1) is 15.4. The fourth-order valence-corrected chi connectivity index (χ4v) is 3.14. The van der Waals surface area contributed by atoms with Gasteiger partial charge in [0.05, 0.1) is 5.69 Å². The Balaban J connectivity index is 1.63. The summed E-state index contributed by atoms with van der Waals surface area (Å²) in [6, 6.07) is 11.8. The summed E-state index contributed by atoms with van der Waals surface area (Å²) in [5.41, 5.74) is 3.44. The molecule has 0 aliphatic carbocycles. The molecule has 3 rings (SSSR count). The van der Waals surface area contributed by atoms with Crippen LogP contribution in [-0.2, 0) is 6.42 Å². The zero-order chi connectivity index (χ0) is 16.2. The van der Waals surface area contributed by atoms with E-state index < -0.39 is 0 Å². The summed E-state index contributed by atoms with van der Waals surface area (Å²) < 4.78 is 0. The highest BCUT2D eigenvalue weighted by Crippen LogP contribution is 2.23. The molecule has 0 saturated carbocycles. The summed E-state index contributed by atoms with van der Waals surface area (Å²) in [5.74, 6) is -0.150. The second kappa shape index (κ2) is 6.75. The Hall–Kier alpha value is -2.47. The molecule has 23 heavy (non-hydrogen) atoms. The number of nitrogens with zero attached hydrogens (tertiary/aromatic N) is 2. The van der Waals surface area contributed by atoms with Gasteiger partial charge in [-0.15, -0.1) is 11.3 Å². The smallest absolute Gasteiger partial charge is 0.270 e. The van der Waals surface area contributed by atoms with Gasteiger partial charge in [-0.05, 0) is 19.9 Å². The molecule has 1 unspecified atom stereocenters. The highest BCUT2D eigenvalue weighted by atomic mass is 32.1. The molecule has 118 valence electrons. The van der Waals surface area contributed by atoms with E-state index in [-0.39, 0.29) is 11.9 Å². The second-order valence-corrected chi connectivity index (χ2v) is 6.38. The van der Waals surface area contributed by atoms with Crippen LogP contribution in [0.2, 0.25) is 0 Å². The number of rotatable bonds is 5. The van der Waals surface area contributed by atoms with Crippen LogP contribution in [0.3, 0.4) is 0 Å². The van der Waals surface area contributed by atoms with Crippen LogP contribution in [0.15, 0.2) is 41.8 Å². The van der Waals surface area contributed by atoms with E-state index in [1.54, 1.807) is 5.38 Å². The number of thiazole rings is 1. The molecule has 0 radical (unpaired) electrons. The van der Waals surface area contributed by atoms with E-state index >= 15 is 0 Å². The van der Waals surface area contributed by atoms with E-state index in [0.717, 1.165) is 22.0 Å². The minimum absolute atomic E-state index is 0.00734. The molecule has 1 amide bonds. The number of benzene rings is 1. The lowest BCUT2D eigenvalue weighted by molar-refractivity contribution is 0.0935. The summed E-state index contributed by atoms with van der Waals surface area (Å²) in [6.45, 7) is 3.92. The number of hydrogen-bond donors (Lipinski definition) is 2. The number of aromatic amines is 1. The fourth-order valence-electron chi connectivity index (χ4n) is 2.33. The van der Waals surface area contributed by atoms with Crippen LogP contribution in [0.25, 0.3) is 10.6 Å². The van der Waals surface area contributed by atoms with Crippen molar-refractivity contribution in [3.63, 3.8) is 0 Å². The molecule has 0 fully saturated rings. The molecule has 0 saturated heterocycles. The predicted octanol–water partition coefficient (Wildman–Crippen LogP) is 3.20. The number of carbonyl (C=O) groups excluding carboxylic acids is 1. The molecule has 2 aromatic heterocycles. The maximum atomic E-state index is 12.3. The highest BCUT2D eigenvalue weighted by molar-refractivity contribution is 7.13. The molecule has 0 aliphatic heterocycles. The lowest BCUT2D eigenvalue weighted by Gasteiger charge is -2.11. The molecule has 6 heteroatoms. The van der Waals surface area contributed by atoms with Crippen molar-refractivity contribution in [1.29, 1.82) is 0 Å². The maximum absolute atomic E-state index is 12.3. The van der Waals surface area contributed by atoms with Crippen molar-refractivity contribution in [2.45, 2.75) is 26.3 Å². The van der Waals surface area contributed by atoms with E-state index in [2.05, 4.69) is 20.5 Å². The Morgan fingerprint density at radius 2 is 2.13 bits per heavy atom. The topological polar surface area (TPSA) is 70.7 Å². The molecule has 5 nitrogen and oxygen atoms in total. The molecular weight excluding hydrogens is 308 g/mol. The van der Waals surface area contributed by atoms with Gasteiger partial charge in [0, 0.05) is 29.1 Å². The summed E-state index contributed by atoms with van der Waals surface area (Å²) in [6.07, 6.45) is 0.686. The lowest BCUT2D eigenvalue weighted by atomic mass is 10.1. The SMILES string of the molecule is Cc1cc(CC(C)NC(=O)c2csc(-c3ccccc3)n2)n[nH]1. The van der Waals surface area contributed by atoms with Crippen LogP contribution in [0.4, 0.5) is 0 Å². The van der Waals surface area contributed by atoms with Crippen LogP contribution in [-0.4, -0.2) is 27.1 Å². The zero-order valence-corrected chi connectivity index (χ0v) is 13.9. The van der Waals surface area contributed by atoms with Crippen molar-refractivity contribution in [3.05, 3.63) is 58.9 Å². The molecule has 0 aliphatic rings. The van der Waals surface area contributed by atoms with E-state index in [9.17, 15) is 4.79 Å². The number of carbonyl (C=O) groups is 1. The molecule has 3 aromatic rings. The van der Waals surface area contributed by atoms with Gasteiger partial charge < -0.3 is 5.32 Å². The first-order valence-corrected chi connectivity index (χ1v) is 8.32. The first-order chi connectivity index (χ1) is 11.1. The Labute approximate surface area is 138 Å². The molecular formula is C17H18N4OS. The Morgan fingerprint density at radius 3 is 2.83 bits per heavy atom. The predicted molar refractivity (Wildman–Crippen MR) is 91.5 cm³/mol. The molecule has 0 bridgehead atoms. The van der Waals surface area contributed by atoms with Crippen molar-refractivity contribution >= 4 is 17.2 Å². The first-order valence-electron chi connectivity index (χ1n) is 7.44. The van der Waals surface area contributed by atoms with Gasteiger partial charge in [0.1, 0.15) is 10.7 Å². The van der Waals surface area contributed by atoms with Crippen molar-refractivity contribution in [2.24, 2.45) is 0 Å². The number of aromatic nitrogens is 3. The molecule has 0 spiro atoms. The van der Waals surface area contributed by atoms with Gasteiger partial charge in [-0.25, -0.2) is 4.98 Å². The minimum Gasteiger partial charge on any atom is -0.348 e. The normalized spacial score (nSPS) is 12.1. The van der Waals surface area contributed by atoms with Gasteiger partial charge in [0.15, 0.2) is 0 Å². The average molecular weight is 326 g/mol. The minimum atomic E-state index is -0.150. The van der Waals surface area contributed by atoms with Crippen molar-refractivity contribution in [1.82, 2.24) is 20.5 Å². The van der Waals surface area contributed by atoms with Gasteiger partial charge in [0.2, 0.25) is 0 Å².